The molecule has 0 aliphatic heterocycles. The number of rotatable bonds is 9. The topological polar surface area (TPSA) is 95.5 Å². The Balaban J connectivity index is 3.67. The summed E-state index contributed by atoms with van der Waals surface area (Å²) in [7, 11) is 0. The van der Waals surface area contributed by atoms with Crippen LogP contribution < -0.4 is 10.6 Å². The first-order valence-corrected chi connectivity index (χ1v) is 6.27. The van der Waals surface area contributed by atoms with Crippen LogP contribution in [0.15, 0.2) is 0 Å². The SMILES string of the molecule is CCC(CC)NC(=O)CCNC(=O)CCC(=O)O. The minimum Gasteiger partial charge on any atom is -0.481 e. The van der Waals surface area contributed by atoms with Gasteiger partial charge in [0, 0.05) is 25.4 Å². The highest BCUT2D eigenvalue weighted by molar-refractivity contribution is 5.81. The molecule has 0 aromatic heterocycles. The molecule has 3 N–H and O–H groups in total. The Kier molecular flexibility index (Phi) is 8.61. The fraction of sp³-hybridized carbons (Fsp3) is 0.750. The molecule has 18 heavy (non-hydrogen) atoms. The highest BCUT2D eigenvalue weighted by Crippen LogP contribution is 1.96. The van der Waals surface area contributed by atoms with Crippen molar-refractivity contribution in [2.75, 3.05) is 6.54 Å². The molecule has 0 saturated heterocycles. The number of hydrogen-bond acceptors (Lipinski definition) is 3. The summed E-state index contributed by atoms with van der Waals surface area (Å²) in [6.07, 6.45) is 1.74. The van der Waals surface area contributed by atoms with Crippen molar-refractivity contribution >= 4 is 17.8 Å². The molecule has 0 fully saturated rings. The van der Waals surface area contributed by atoms with Crippen molar-refractivity contribution in [3.8, 4) is 0 Å². The average molecular weight is 258 g/mol. The smallest absolute Gasteiger partial charge is 0.303 e. The van der Waals surface area contributed by atoms with E-state index in [2.05, 4.69) is 10.6 Å². The van der Waals surface area contributed by atoms with Crippen molar-refractivity contribution in [1.29, 1.82) is 0 Å². The molecule has 0 atom stereocenters. The first kappa shape index (κ1) is 16.4. The number of carbonyl (C=O) groups is 3. The van der Waals surface area contributed by atoms with E-state index in [9.17, 15) is 14.4 Å². The molecule has 0 aliphatic rings. The largest absolute Gasteiger partial charge is 0.481 e. The van der Waals surface area contributed by atoms with Crippen molar-refractivity contribution in [2.24, 2.45) is 0 Å². The van der Waals surface area contributed by atoms with Crippen LogP contribution in [0.1, 0.15) is 46.0 Å². The number of nitrogens with one attached hydrogen (secondary N) is 2. The summed E-state index contributed by atoms with van der Waals surface area (Å²) in [4.78, 5) is 32.8. The highest BCUT2D eigenvalue weighted by Gasteiger charge is 2.09. The summed E-state index contributed by atoms with van der Waals surface area (Å²) in [5.41, 5.74) is 0. The second-order valence-corrected chi connectivity index (χ2v) is 4.07. The summed E-state index contributed by atoms with van der Waals surface area (Å²) in [6.45, 7) is 4.24. The van der Waals surface area contributed by atoms with E-state index in [1.807, 2.05) is 13.8 Å². The van der Waals surface area contributed by atoms with Gasteiger partial charge in [-0.05, 0) is 12.8 Å². The van der Waals surface area contributed by atoms with Gasteiger partial charge in [-0.3, -0.25) is 14.4 Å². The number of carboxylic acids is 1. The Morgan fingerprint density at radius 3 is 2.11 bits per heavy atom. The minimum atomic E-state index is -1.00. The molecule has 0 aromatic rings. The lowest BCUT2D eigenvalue weighted by atomic mass is 10.1. The van der Waals surface area contributed by atoms with Crippen LogP contribution in [0.25, 0.3) is 0 Å². The van der Waals surface area contributed by atoms with Gasteiger partial charge >= 0.3 is 5.97 Å². The quantitative estimate of drug-likeness (QED) is 0.566. The zero-order chi connectivity index (χ0) is 14.0. The van der Waals surface area contributed by atoms with E-state index in [-0.39, 0.29) is 43.7 Å². The summed E-state index contributed by atoms with van der Waals surface area (Å²) < 4.78 is 0. The summed E-state index contributed by atoms with van der Waals surface area (Å²) in [6, 6.07) is 0.181. The van der Waals surface area contributed by atoms with Crippen LogP contribution in [-0.2, 0) is 14.4 Å². The van der Waals surface area contributed by atoms with Gasteiger partial charge in [-0.1, -0.05) is 13.8 Å². The van der Waals surface area contributed by atoms with Crippen molar-refractivity contribution in [1.82, 2.24) is 10.6 Å². The van der Waals surface area contributed by atoms with Gasteiger partial charge in [-0.15, -0.1) is 0 Å². The van der Waals surface area contributed by atoms with Crippen LogP contribution in [0.4, 0.5) is 0 Å². The molecule has 6 nitrogen and oxygen atoms in total. The fourth-order valence-corrected chi connectivity index (χ4v) is 1.42. The molecular formula is C12H22N2O4. The molecular weight excluding hydrogens is 236 g/mol. The zero-order valence-electron chi connectivity index (χ0n) is 11.0. The van der Waals surface area contributed by atoms with E-state index in [1.54, 1.807) is 0 Å². The predicted octanol–water partition coefficient (Wildman–Crippen LogP) is 0.662. The normalized spacial score (nSPS) is 10.2. The van der Waals surface area contributed by atoms with Gasteiger partial charge in [-0.2, -0.15) is 0 Å². The lowest BCUT2D eigenvalue weighted by Gasteiger charge is -2.14. The van der Waals surface area contributed by atoms with Gasteiger partial charge in [0.1, 0.15) is 0 Å². The van der Waals surface area contributed by atoms with Crippen LogP contribution in [0.3, 0.4) is 0 Å². The molecule has 0 unspecified atom stereocenters. The van der Waals surface area contributed by atoms with Gasteiger partial charge in [0.05, 0.1) is 6.42 Å². The summed E-state index contributed by atoms with van der Waals surface area (Å²) in [5.74, 6) is -1.44. The standard InChI is InChI=1S/C12H22N2O4/c1-3-9(4-2)14-11(16)7-8-13-10(15)5-6-12(17)18/h9H,3-8H2,1-2H3,(H,13,15)(H,14,16)(H,17,18). The van der Waals surface area contributed by atoms with Crippen molar-refractivity contribution < 1.29 is 19.5 Å². The Morgan fingerprint density at radius 2 is 1.61 bits per heavy atom. The summed E-state index contributed by atoms with van der Waals surface area (Å²) in [5, 5.41) is 13.8. The number of carbonyl (C=O) groups excluding carboxylic acids is 2. The number of amides is 2. The fourth-order valence-electron chi connectivity index (χ4n) is 1.42. The van der Waals surface area contributed by atoms with Crippen molar-refractivity contribution in [3.63, 3.8) is 0 Å². The Hall–Kier alpha value is -1.59. The predicted molar refractivity (Wildman–Crippen MR) is 67.0 cm³/mol. The number of aliphatic carboxylic acids is 1. The molecule has 0 aliphatic carbocycles. The Bertz CT molecular complexity index is 288. The van der Waals surface area contributed by atoms with Gasteiger partial charge in [0.2, 0.25) is 11.8 Å². The molecule has 0 rings (SSSR count). The van der Waals surface area contributed by atoms with Crippen LogP contribution in [0.5, 0.6) is 0 Å². The van der Waals surface area contributed by atoms with Gasteiger partial charge < -0.3 is 15.7 Å². The molecule has 104 valence electrons. The second kappa shape index (κ2) is 9.44. The van der Waals surface area contributed by atoms with Crippen LogP contribution in [-0.4, -0.2) is 35.5 Å². The van der Waals surface area contributed by atoms with Crippen LogP contribution in [0.2, 0.25) is 0 Å². The molecule has 0 radical (unpaired) electrons. The molecule has 0 bridgehead atoms. The molecule has 0 aromatic carbocycles. The zero-order valence-corrected chi connectivity index (χ0v) is 11.0. The van der Waals surface area contributed by atoms with Crippen LogP contribution >= 0.6 is 0 Å². The van der Waals surface area contributed by atoms with E-state index in [4.69, 9.17) is 5.11 Å². The number of hydrogen-bond donors (Lipinski definition) is 3. The van der Waals surface area contributed by atoms with E-state index >= 15 is 0 Å². The van der Waals surface area contributed by atoms with Gasteiger partial charge in [-0.25, -0.2) is 0 Å². The average Bonchev–Trinajstić information content (AvgIpc) is 2.33. The maximum atomic E-state index is 11.5. The molecule has 0 heterocycles. The molecule has 6 heteroatoms. The molecule has 0 spiro atoms. The van der Waals surface area contributed by atoms with E-state index in [1.165, 1.54) is 0 Å². The monoisotopic (exact) mass is 258 g/mol. The van der Waals surface area contributed by atoms with Crippen LogP contribution in [0, 0.1) is 0 Å². The Morgan fingerprint density at radius 1 is 1.00 bits per heavy atom. The maximum Gasteiger partial charge on any atom is 0.303 e. The third kappa shape index (κ3) is 8.55. The Labute approximate surface area is 107 Å². The van der Waals surface area contributed by atoms with Crippen molar-refractivity contribution in [3.05, 3.63) is 0 Å². The third-order valence-electron chi connectivity index (χ3n) is 2.59. The second-order valence-electron chi connectivity index (χ2n) is 4.07. The van der Waals surface area contributed by atoms with E-state index < -0.39 is 5.97 Å². The lowest BCUT2D eigenvalue weighted by Crippen LogP contribution is -2.36. The first-order valence-electron chi connectivity index (χ1n) is 6.27. The third-order valence-corrected chi connectivity index (χ3v) is 2.59. The maximum absolute atomic E-state index is 11.5. The first-order chi connectivity index (χ1) is 8.49. The molecule has 2 amide bonds. The summed E-state index contributed by atoms with van der Waals surface area (Å²) >= 11 is 0. The lowest BCUT2D eigenvalue weighted by molar-refractivity contribution is -0.138. The van der Waals surface area contributed by atoms with E-state index in [0.717, 1.165) is 12.8 Å². The minimum absolute atomic E-state index is 0.0521. The van der Waals surface area contributed by atoms with E-state index in [0.29, 0.717) is 0 Å². The number of carboxylic acid groups (broad SMARTS) is 1. The highest BCUT2D eigenvalue weighted by atomic mass is 16.4. The molecule has 0 saturated carbocycles. The van der Waals surface area contributed by atoms with Crippen molar-refractivity contribution in [2.45, 2.75) is 52.0 Å². The van der Waals surface area contributed by atoms with Gasteiger partial charge in [0.25, 0.3) is 0 Å². The van der Waals surface area contributed by atoms with Gasteiger partial charge in [0.15, 0.2) is 0 Å².